The predicted molar refractivity (Wildman–Crippen MR) is 120 cm³/mol. The Morgan fingerprint density at radius 1 is 0.933 bits per heavy atom. The van der Waals surface area contributed by atoms with Crippen molar-refractivity contribution >= 4 is 17.5 Å². The molecule has 0 radical (unpaired) electrons. The van der Waals surface area contributed by atoms with Crippen molar-refractivity contribution in [3.05, 3.63) is 101 Å². The highest BCUT2D eigenvalue weighted by Gasteiger charge is 2.20. The van der Waals surface area contributed by atoms with Crippen LogP contribution >= 0.6 is 11.8 Å². The van der Waals surface area contributed by atoms with Gasteiger partial charge in [0, 0.05) is 19.0 Å². The number of benzene rings is 3. The van der Waals surface area contributed by atoms with Gasteiger partial charge in [0.1, 0.15) is 5.82 Å². The zero-order chi connectivity index (χ0) is 20.5. The molecule has 148 valence electrons. The van der Waals surface area contributed by atoms with Gasteiger partial charge in [0.2, 0.25) is 0 Å². The van der Waals surface area contributed by atoms with E-state index in [2.05, 4.69) is 52.7 Å². The molecule has 0 aliphatic heterocycles. The molecule has 30 heavy (non-hydrogen) atoms. The van der Waals surface area contributed by atoms with Crippen LogP contribution in [0.5, 0.6) is 0 Å². The summed E-state index contributed by atoms with van der Waals surface area (Å²) in [6.07, 6.45) is 1.67. The lowest BCUT2D eigenvalue weighted by atomic mass is 10.0. The number of fused-ring (bicyclic) bond motifs is 3. The van der Waals surface area contributed by atoms with E-state index in [0.717, 1.165) is 29.4 Å². The second-order valence-electron chi connectivity index (χ2n) is 7.54. The number of rotatable bonds is 6. The van der Waals surface area contributed by atoms with Crippen LogP contribution in [0, 0.1) is 0 Å². The van der Waals surface area contributed by atoms with Crippen molar-refractivity contribution in [1.29, 1.82) is 0 Å². The second kappa shape index (κ2) is 7.92. The van der Waals surface area contributed by atoms with Crippen molar-refractivity contribution in [2.24, 2.45) is 7.05 Å². The van der Waals surface area contributed by atoms with Gasteiger partial charge >= 0.3 is 0 Å². The smallest absolute Gasteiger partial charge is 0.191 e. The highest BCUT2D eigenvalue weighted by Crippen LogP contribution is 2.37. The summed E-state index contributed by atoms with van der Waals surface area (Å²) < 4.78 is 1.98. The molecule has 1 aliphatic rings. The van der Waals surface area contributed by atoms with Gasteiger partial charge in [0.15, 0.2) is 10.9 Å². The number of thioether (sulfide) groups is 1. The van der Waals surface area contributed by atoms with Gasteiger partial charge < -0.3 is 4.57 Å². The van der Waals surface area contributed by atoms with Crippen LogP contribution in [0.1, 0.15) is 32.9 Å². The minimum absolute atomic E-state index is 0.111. The van der Waals surface area contributed by atoms with E-state index in [0.29, 0.717) is 5.75 Å². The molecule has 0 fully saturated rings. The van der Waals surface area contributed by atoms with Gasteiger partial charge in [-0.15, -0.1) is 10.2 Å². The fraction of sp³-hybridized carbons (Fsp3) is 0.160. The maximum absolute atomic E-state index is 12.9. The third-order valence-corrected chi connectivity index (χ3v) is 6.60. The number of hydrogen-bond acceptors (Lipinski definition) is 4. The Morgan fingerprint density at radius 3 is 2.57 bits per heavy atom. The number of carbonyl (C=O) groups is 1. The van der Waals surface area contributed by atoms with E-state index in [1.54, 1.807) is 0 Å². The van der Waals surface area contributed by atoms with Crippen molar-refractivity contribution in [2.45, 2.75) is 18.0 Å². The first-order valence-corrected chi connectivity index (χ1v) is 11.0. The van der Waals surface area contributed by atoms with Crippen LogP contribution in [0.25, 0.3) is 11.1 Å². The molecule has 0 saturated heterocycles. The summed E-state index contributed by atoms with van der Waals surface area (Å²) >= 11 is 1.44. The van der Waals surface area contributed by atoms with Crippen LogP contribution < -0.4 is 0 Å². The Hall–Kier alpha value is -3.18. The minimum atomic E-state index is 0.111. The Bertz CT molecular complexity index is 1230. The molecule has 0 unspecified atom stereocenters. The average Bonchev–Trinajstić information content (AvgIpc) is 3.32. The fourth-order valence-corrected chi connectivity index (χ4v) is 4.74. The highest BCUT2D eigenvalue weighted by molar-refractivity contribution is 7.99. The van der Waals surface area contributed by atoms with Crippen molar-refractivity contribution in [3.8, 4) is 11.1 Å². The SMILES string of the molecule is Cn1c(Cc2ccccc2)nnc1SCC(=O)c1ccc2c(c1)-c1ccccc1C2. The molecule has 0 bridgehead atoms. The lowest BCUT2D eigenvalue weighted by molar-refractivity contribution is 0.102. The summed E-state index contributed by atoms with van der Waals surface area (Å²) in [5.41, 5.74) is 7.00. The van der Waals surface area contributed by atoms with Gasteiger partial charge in [-0.2, -0.15) is 0 Å². The van der Waals surface area contributed by atoms with Crippen LogP contribution in [-0.4, -0.2) is 26.3 Å². The molecular weight excluding hydrogens is 390 g/mol. The van der Waals surface area contributed by atoms with Gasteiger partial charge in [0.25, 0.3) is 0 Å². The molecule has 0 spiro atoms. The van der Waals surface area contributed by atoms with E-state index in [1.807, 2.05) is 41.9 Å². The number of Topliss-reactive ketones (excluding diaryl/α,β-unsaturated/α-hetero) is 1. The topological polar surface area (TPSA) is 47.8 Å². The number of nitrogens with zero attached hydrogens (tertiary/aromatic N) is 3. The van der Waals surface area contributed by atoms with Crippen molar-refractivity contribution in [2.75, 3.05) is 5.75 Å². The third-order valence-electron chi connectivity index (χ3n) is 5.58. The molecule has 3 aromatic carbocycles. The maximum atomic E-state index is 12.9. The summed E-state index contributed by atoms with van der Waals surface area (Å²) in [6, 6.07) is 24.7. The molecule has 4 aromatic rings. The van der Waals surface area contributed by atoms with Gasteiger partial charge in [-0.1, -0.05) is 78.5 Å². The zero-order valence-corrected chi connectivity index (χ0v) is 17.5. The van der Waals surface area contributed by atoms with Crippen LogP contribution in [0.4, 0.5) is 0 Å². The molecule has 0 atom stereocenters. The monoisotopic (exact) mass is 411 g/mol. The quantitative estimate of drug-likeness (QED) is 0.293. The molecular formula is C25H21N3OS. The van der Waals surface area contributed by atoms with Gasteiger partial charge in [-0.05, 0) is 40.3 Å². The maximum Gasteiger partial charge on any atom is 0.191 e. The average molecular weight is 412 g/mol. The first kappa shape index (κ1) is 18.8. The molecule has 4 nitrogen and oxygen atoms in total. The van der Waals surface area contributed by atoms with E-state index in [-0.39, 0.29) is 5.78 Å². The largest absolute Gasteiger partial charge is 0.309 e. The third kappa shape index (κ3) is 3.57. The zero-order valence-electron chi connectivity index (χ0n) is 16.7. The number of aromatic nitrogens is 3. The van der Waals surface area contributed by atoms with Crippen molar-refractivity contribution in [3.63, 3.8) is 0 Å². The first-order valence-electron chi connectivity index (χ1n) is 9.98. The summed E-state index contributed by atoms with van der Waals surface area (Å²) in [4.78, 5) is 12.9. The van der Waals surface area contributed by atoms with E-state index in [1.165, 1.54) is 39.6 Å². The summed E-state index contributed by atoms with van der Waals surface area (Å²) in [7, 11) is 1.96. The van der Waals surface area contributed by atoms with Crippen LogP contribution in [0.2, 0.25) is 0 Å². The lowest BCUT2D eigenvalue weighted by Gasteiger charge is -2.06. The van der Waals surface area contributed by atoms with Gasteiger partial charge in [-0.25, -0.2) is 0 Å². The molecule has 0 N–H and O–H groups in total. The normalized spacial score (nSPS) is 11.9. The van der Waals surface area contributed by atoms with Gasteiger partial charge in [-0.3, -0.25) is 4.79 Å². The molecule has 0 amide bonds. The van der Waals surface area contributed by atoms with E-state index in [4.69, 9.17) is 0 Å². The molecule has 1 aliphatic carbocycles. The van der Waals surface area contributed by atoms with E-state index in [9.17, 15) is 4.79 Å². The summed E-state index contributed by atoms with van der Waals surface area (Å²) in [5.74, 6) is 1.35. The van der Waals surface area contributed by atoms with E-state index >= 15 is 0 Å². The Balaban J connectivity index is 1.29. The number of carbonyl (C=O) groups excluding carboxylic acids is 1. The Morgan fingerprint density at radius 2 is 1.70 bits per heavy atom. The molecule has 0 saturated carbocycles. The Labute approximate surface area is 180 Å². The van der Waals surface area contributed by atoms with Crippen LogP contribution in [0.3, 0.4) is 0 Å². The second-order valence-corrected chi connectivity index (χ2v) is 8.48. The first-order chi connectivity index (χ1) is 14.7. The van der Waals surface area contributed by atoms with Crippen LogP contribution in [0.15, 0.2) is 78.0 Å². The fourth-order valence-electron chi connectivity index (χ4n) is 3.91. The summed E-state index contributed by atoms with van der Waals surface area (Å²) in [5, 5.41) is 9.37. The molecule has 5 rings (SSSR count). The van der Waals surface area contributed by atoms with Crippen molar-refractivity contribution < 1.29 is 4.79 Å². The van der Waals surface area contributed by atoms with Crippen LogP contribution in [-0.2, 0) is 19.9 Å². The highest BCUT2D eigenvalue weighted by atomic mass is 32.2. The molecule has 1 aromatic heterocycles. The molecule has 1 heterocycles. The Kier molecular flexibility index (Phi) is 4.97. The number of ketones is 1. The predicted octanol–water partition coefficient (Wildman–Crippen LogP) is 4.95. The number of hydrogen-bond donors (Lipinski definition) is 0. The standard InChI is InChI=1S/C25H21N3OS/c1-28-24(13-17-7-3-2-4-8-17)26-27-25(28)30-16-23(29)20-12-11-19-14-18-9-5-6-10-21(18)22(19)15-20/h2-12,15H,13-14,16H2,1H3. The van der Waals surface area contributed by atoms with Crippen molar-refractivity contribution in [1.82, 2.24) is 14.8 Å². The molecule has 5 heteroatoms. The lowest BCUT2D eigenvalue weighted by Crippen LogP contribution is -2.05. The van der Waals surface area contributed by atoms with E-state index < -0.39 is 0 Å². The summed E-state index contributed by atoms with van der Waals surface area (Å²) in [6.45, 7) is 0. The van der Waals surface area contributed by atoms with Gasteiger partial charge in [0.05, 0.1) is 5.75 Å². The minimum Gasteiger partial charge on any atom is -0.309 e.